The molecule has 2 heterocycles. The maximum atomic E-state index is 12.9. The molecular formula is C17H22N4O2S. The molecule has 7 heteroatoms. The van der Waals surface area contributed by atoms with Crippen LogP contribution in [0.1, 0.15) is 31.2 Å². The predicted octanol–water partition coefficient (Wildman–Crippen LogP) is 1.59. The number of piperazine rings is 1. The van der Waals surface area contributed by atoms with Crippen LogP contribution in [0.25, 0.3) is 0 Å². The maximum absolute atomic E-state index is 12.9. The summed E-state index contributed by atoms with van der Waals surface area (Å²) in [4.78, 5) is 6.39. The summed E-state index contributed by atoms with van der Waals surface area (Å²) in [5.41, 5.74) is 0.538. The summed E-state index contributed by atoms with van der Waals surface area (Å²) in [6, 6.07) is 5.64. The molecule has 1 aromatic heterocycles. The largest absolute Gasteiger partial charge is 0.354 e. The highest BCUT2D eigenvalue weighted by atomic mass is 32.2. The van der Waals surface area contributed by atoms with Crippen LogP contribution in [0, 0.1) is 23.2 Å². The monoisotopic (exact) mass is 346 g/mol. The Labute approximate surface area is 143 Å². The number of nitrogens with zero attached hydrogens (tertiary/aromatic N) is 4. The van der Waals surface area contributed by atoms with Gasteiger partial charge in [-0.2, -0.15) is 9.57 Å². The second kappa shape index (κ2) is 6.01. The van der Waals surface area contributed by atoms with Crippen LogP contribution in [-0.4, -0.2) is 49.1 Å². The Kier molecular flexibility index (Phi) is 3.97. The van der Waals surface area contributed by atoms with Crippen LogP contribution in [0.2, 0.25) is 0 Å². The highest BCUT2D eigenvalue weighted by Gasteiger charge is 2.52. The van der Waals surface area contributed by atoms with Gasteiger partial charge in [0.25, 0.3) is 0 Å². The normalized spacial score (nSPS) is 30.5. The summed E-state index contributed by atoms with van der Waals surface area (Å²) < 4.78 is 27.5. The average Bonchev–Trinajstić information content (AvgIpc) is 2.95. The van der Waals surface area contributed by atoms with E-state index in [0.29, 0.717) is 43.6 Å². The van der Waals surface area contributed by atoms with Crippen molar-refractivity contribution >= 4 is 15.8 Å². The predicted molar refractivity (Wildman–Crippen MR) is 90.9 cm³/mol. The lowest BCUT2D eigenvalue weighted by Crippen LogP contribution is -2.55. The first kappa shape index (κ1) is 15.9. The molecule has 1 saturated heterocycles. The smallest absolute Gasteiger partial charge is 0.217 e. The summed E-state index contributed by atoms with van der Waals surface area (Å²) in [5, 5.41) is 8.70. The number of nitriles is 1. The Hall–Kier alpha value is -1.65. The van der Waals surface area contributed by atoms with Gasteiger partial charge in [0.15, 0.2) is 0 Å². The lowest BCUT2D eigenvalue weighted by molar-refractivity contribution is 0.212. The van der Waals surface area contributed by atoms with Gasteiger partial charge < -0.3 is 4.90 Å². The van der Waals surface area contributed by atoms with Gasteiger partial charge in [0.2, 0.25) is 10.0 Å². The summed E-state index contributed by atoms with van der Waals surface area (Å²) >= 11 is 0. The molecule has 2 aliphatic carbocycles. The van der Waals surface area contributed by atoms with Gasteiger partial charge in [0, 0.05) is 32.4 Å². The number of fused-ring (bicyclic) bond motifs is 1. The molecule has 0 amide bonds. The summed E-state index contributed by atoms with van der Waals surface area (Å²) in [6.07, 6.45) is 5.93. The van der Waals surface area contributed by atoms with E-state index in [2.05, 4.69) is 16.0 Å². The molecule has 24 heavy (non-hydrogen) atoms. The fourth-order valence-electron chi connectivity index (χ4n) is 4.47. The first-order chi connectivity index (χ1) is 11.6. The van der Waals surface area contributed by atoms with Crippen LogP contribution in [0.15, 0.2) is 18.3 Å². The molecule has 0 aromatic carbocycles. The van der Waals surface area contributed by atoms with Crippen LogP contribution in [0.4, 0.5) is 5.82 Å². The highest BCUT2D eigenvalue weighted by molar-refractivity contribution is 7.89. The van der Waals surface area contributed by atoms with Crippen molar-refractivity contribution in [2.24, 2.45) is 11.8 Å². The molecule has 3 unspecified atom stereocenters. The molecule has 4 rings (SSSR count). The molecule has 1 aromatic rings. The van der Waals surface area contributed by atoms with E-state index in [9.17, 15) is 8.42 Å². The molecule has 1 aliphatic heterocycles. The van der Waals surface area contributed by atoms with Gasteiger partial charge in [-0.1, -0.05) is 12.8 Å². The zero-order valence-electron chi connectivity index (χ0n) is 13.6. The molecule has 3 fully saturated rings. The van der Waals surface area contributed by atoms with Crippen molar-refractivity contribution in [2.75, 3.05) is 31.1 Å². The van der Waals surface area contributed by atoms with Gasteiger partial charge in [-0.3, -0.25) is 0 Å². The highest BCUT2D eigenvalue weighted by Crippen LogP contribution is 2.50. The molecule has 3 aliphatic rings. The van der Waals surface area contributed by atoms with E-state index in [1.54, 1.807) is 16.6 Å². The standard InChI is InChI=1S/C17H22N4O2S/c18-11-13-4-5-17(19-12-13)20-6-8-21(9-7-20)24(22,23)16-10-14-2-1-3-15(14)16/h4-5,12,14-16H,1-3,6-10H2. The van der Waals surface area contributed by atoms with Crippen molar-refractivity contribution in [1.82, 2.24) is 9.29 Å². The van der Waals surface area contributed by atoms with E-state index < -0.39 is 10.0 Å². The third kappa shape index (κ3) is 2.58. The van der Waals surface area contributed by atoms with Crippen LogP contribution >= 0.6 is 0 Å². The molecule has 0 bridgehead atoms. The minimum absolute atomic E-state index is 0.135. The van der Waals surface area contributed by atoms with Gasteiger partial charge in [-0.05, 0) is 36.8 Å². The van der Waals surface area contributed by atoms with Crippen molar-refractivity contribution in [3.8, 4) is 6.07 Å². The fourth-order valence-corrected chi connectivity index (χ4v) is 6.82. The van der Waals surface area contributed by atoms with E-state index in [-0.39, 0.29) is 5.25 Å². The van der Waals surface area contributed by atoms with E-state index in [1.165, 1.54) is 12.8 Å². The Bertz CT molecular complexity index is 748. The Morgan fingerprint density at radius 1 is 1.17 bits per heavy atom. The number of hydrogen-bond acceptors (Lipinski definition) is 5. The Balaban J connectivity index is 1.39. The van der Waals surface area contributed by atoms with Gasteiger partial charge in [-0.15, -0.1) is 0 Å². The first-order valence-electron chi connectivity index (χ1n) is 8.69. The molecule has 0 N–H and O–H groups in total. The van der Waals surface area contributed by atoms with Crippen LogP contribution in [0.5, 0.6) is 0 Å². The maximum Gasteiger partial charge on any atom is 0.217 e. The van der Waals surface area contributed by atoms with Gasteiger partial charge in [0.05, 0.1) is 10.8 Å². The van der Waals surface area contributed by atoms with Crippen molar-refractivity contribution < 1.29 is 8.42 Å². The number of rotatable bonds is 3. The van der Waals surface area contributed by atoms with Crippen LogP contribution < -0.4 is 4.90 Å². The zero-order chi connectivity index (χ0) is 16.7. The Morgan fingerprint density at radius 2 is 1.96 bits per heavy atom. The van der Waals surface area contributed by atoms with Gasteiger partial charge in [0.1, 0.15) is 11.9 Å². The molecule has 0 spiro atoms. The number of anilines is 1. The van der Waals surface area contributed by atoms with Crippen molar-refractivity contribution in [1.29, 1.82) is 5.26 Å². The topological polar surface area (TPSA) is 77.3 Å². The Morgan fingerprint density at radius 3 is 2.58 bits per heavy atom. The molecule has 128 valence electrons. The minimum Gasteiger partial charge on any atom is -0.354 e. The average molecular weight is 346 g/mol. The van der Waals surface area contributed by atoms with Crippen LogP contribution in [0.3, 0.4) is 0 Å². The number of aromatic nitrogens is 1. The molecule has 3 atom stereocenters. The second-order valence-corrected chi connectivity index (χ2v) is 9.23. The number of sulfonamides is 1. The van der Waals surface area contributed by atoms with Crippen molar-refractivity contribution in [3.63, 3.8) is 0 Å². The first-order valence-corrected chi connectivity index (χ1v) is 10.2. The van der Waals surface area contributed by atoms with E-state index in [1.807, 2.05) is 6.07 Å². The van der Waals surface area contributed by atoms with E-state index in [4.69, 9.17) is 5.26 Å². The van der Waals surface area contributed by atoms with Gasteiger partial charge >= 0.3 is 0 Å². The SMILES string of the molecule is N#Cc1ccc(N2CCN(S(=O)(=O)C3CC4CCCC43)CC2)nc1. The third-order valence-corrected chi connectivity index (χ3v) is 8.30. The van der Waals surface area contributed by atoms with Crippen molar-refractivity contribution in [3.05, 3.63) is 23.9 Å². The van der Waals surface area contributed by atoms with E-state index >= 15 is 0 Å². The molecule has 0 radical (unpaired) electrons. The quantitative estimate of drug-likeness (QED) is 0.831. The fraction of sp³-hybridized carbons (Fsp3) is 0.647. The second-order valence-electron chi connectivity index (χ2n) is 7.08. The van der Waals surface area contributed by atoms with Crippen molar-refractivity contribution in [2.45, 2.75) is 30.9 Å². The lowest BCUT2D eigenvalue weighted by Gasteiger charge is -2.44. The molecule has 6 nitrogen and oxygen atoms in total. The zero-order valence-corrected chi connectivity index (χ0v) is 14.5. The summed E-state index contributed by atoms with van der Waals surface area (Å²) in [7, 11) is -3.15. The summed E-state index contributed by atoms with van der Waals surface area (Å²) in [6.45, 7) is 2.35. The molecular weight excluding hydrogens is 324 g/mol. The summed E-state index contributed by atoms with van der Waals surface area (Å²) in [5.74, 6) is 1.88. The molecule has 2 saturated carbocycles. The van der Waals surface area contributed by atoms with Gasteiger partial charge in [-0.25, -0.2) is 13.4 Å². The third-order valence-electron chi connectivity index (χ3n) is 5.91. The van der Waals surface area contributed by atoms with E-state index in [0.717, 1.165) is 18.7 Å². The number of hydrogen-bond donors (Lipinski definition) is 0. The van der Waals surface area contributed by atoms with Crippen LogP contribution in [-0.2, 0) is 10.0 Å². The lowest BCUT2D eigenvalue weighted by atomic mass is 9.76. The number of pyridine rings is 1. The minimum atomic E-state index is -3.15.